The molecule has 0 unspecified atom stereocenters. The summed E-state index contributed by atoms with van der Waals surface area (Å²) >= 11 is 0. The van der Waals surface area contributed by atoms with E-state index in [9.17, 15) is 15.3 Å². The lowest BCUT2D eigenvalue weighted by atomic mass is 10.0. The maximum atomic E-state index is 9.91. The van der Waals surface area contributed by atoms with E-state index in [2.05, 4.69) is 0 Å². The fourth-order valence-corrected chi connectivity index (χ4v) is 2.43. The Labute approximate surface area is 141 Å². The normalized spacial score (nSPS) is 11.0. The average Bonchev–Trinajstić information content (AvgIpc) is 2.61. The van der Waals surface area contributed by atoms with Crippen LogP contribution in [0.5, 0.6) is 17.2 Å². The van der Waals surface area contributed by atoms with Gasteiger partial charge in [-0.15, -0.1) is 0 Å². The van der Waals surface area contributed by atoms with Gasteiger partial charge in [-0.25, -0.2) is 0 Å². The number of rotatable bonds is 7. The molecule has 0 radical (unpaired) electrons. The van der Waals surface area contributed by atoms with Crippen molar-refractivity contribution >= 4 is 12.2 Å². The molecule has 0 atom stereocenters. The average molecular weight is 330 g/mol. The molecule has 0 amide bonds. The molecule has 3 N–H and O–H groups in total. The lowest BCUT2D eigenvalue weighted by Crippen LogP contribution is -1.99. The standard InChI is InChI=1S/C19H22O5/c1-3-24-18-7-6-13(9-17(18)22)4-5-14-8-15(11-20)16(12-21)19(10-14)23-2/h4-10,20-22H,3,11-12H2,1-2H3. The Morgan fingerprint density at radius 1 is 0.958 bits per heavy atom. The van der Waals surface area contributed by atoms with Crippen molar-refractivity contribution in [2.75, 3.05) is 13.7 Å². The second-order valence-corrected chi connectivity index (χ2v) is 5.17. The van der Waals surface area contributed by atoms with Crippen LogP contribution >= 0.6 is 0 Å². The summed E-state index contributed by atoms with van der Waals surface area (Å²) < 4.78 is 10.6. The molecule has 0 spiro atoms. The maximum Gasteiger partial charge on any atom is 0.160 e. The van der Waals surface area contributed by atoms with Crippen molar-refractivity contribution in [2.45, 2.75) is 20.1 Å². The van der Waals surface area contributed by atoms with E-state index < -0.39 is 0 Å². The molecule has 0 bridgehead atoms. The number of aliphatic hydroxyl groups is 2. The molecule has 24 heavy (non-hydrogen) atoms. The molecule has 0 aliphatic carbocycles. The third-order valence-electron chi connectivity index (χ3n) is 3.62. The molecular formula is C19H22O5. The van der Waals surface area contributed by atoms with E-state index in [1.807, 2.05) is 25.1 Å². The largest absolute Gasteiger partial charge is 0.504 e. The van der Waals surface area contributed by atoms with Gasteiger partial charge in [0.15, 0.2) is 11.5 Å². The Morgan fingerprint density at radius 3 is 2.29 bits per heavy atom. The summed E-state index contributed by atoms with van der Waals surface area (Å²) in [4.78, 5) is 0. The van der Waals surface area contributed by atoms with Gasteiger partial charge >= 0.3 is 0 Å². The fourth-order valence-electron chi connectivity index (χ4n) is 2.43. The van der Waals surface area contributed by atoms with Gasteiger partial charge in [0, 0.05) is 5.56 Å². The van der Waals surface area contributed by atoms with Crippen LogP contribution in [-0.2, 0) is 13.2 Å². The lowest BCUT2D eigenvalue weighted by molar-refractivity contribution is 0.254. The van der Waals surface area contributed by atoms with Crippen LogP contribution in [0.15, 0.2) is 30.3 Å². The van der Waals surface area contributed by atoms with Crippen LogP contribution in [0.25, 0.3) is 12.2 Å². The molecule has 5 heteroatoms. The summed E-state index contributed by atoms with van der Waals surface area (Å²) in [5, 5.41) is 28.8. The molecule has 2 rings (SSSR count). The maximum absolute atomic E-state index is 9.91. The number of hydrogen-bond donors (Lipinski definition) is 3. The number of phenolic OH excluding ortho intramolecular Hbond substituents is 1. The van der Waals surface area contributed by atoms with Gasteiger partial charge < -0.3 is 24.8 Å². The third kappa shape index (κ3) is 4.07. The molecule has 0 aliphatic heterocycles. The highest BCUT2D eigenvalue weighted by atomic mass is 16.5. The van der Waals surface area contributed by atoms with Crippen molar-refractivity contribution < 1.29 is 24.8 Å². The number of benzene rings is 2. The van der Waals surface area contributed by atoms with Crippen molar-refractivity contribution in [3.8, 4) is 17.2 Å². The van der Waals surface area contributed by atoms with Crippen LogP contribution in [0.4, 0.5) is 0 Å². The van der Waals surface area contributed by atoms with E-state index in [0.717, 1.165) is 11.1 Å². The van der Waals surface area contributed by atoms with Gasteiger partial charge in [0.25, 0.3) is 0 Å². The van der Waals surface area contributed by atoms with Crippen LogP contribution in [-0.4, -0.2) is 29.0 Å². The Kier molecular flexibility index (Phi) is 6.23. The molecule has 0 aromatic heterocycles. The van der Waals surface area contributed by atoms with Crippen molar-refractivity contribution in [1.82, 2.24) is 0 Å². The Hall–Kier alpha value is -2.50. The molecule has 0 fully saturated rings. The monoisotopic (exact) mass is 330 g/mol. The van der Waals surface area contributed by atoms with Crippen LogP contribution in [0, 0.1) is 0 Å². The van der Waals surface area contributed by atoms with Crippen molar-refractivity contribution in [3.63, 3.8) is 0 Å². The number of aliphatic hydroxyl groups excluding tert-OH is 2. The van der Waals surface area contributed by atoms with E-state index in [4.69, 9.17) is 9.47 Å². The van der Waals surface area contributed by atoms with Crippen molar-refractivity contribution in [1.29, 1.82) is 0 Å². The molecule has 0 heterocycles. The molecule has 5 nitrogen and oxygen atoms in total. The number of methoxy groups -OCH3 is 1. The summed E-state index contributed by atoms with van der Waals surface area (Å²) in [7, 11) is 1.52. The first-order chi connectivity index (χ1) is 11.6. The third-order valence-corrected chi connectivity index (χ3v) is 3.62. The Morgan fingerprint density at radius 2 is 1.71 bits per heavy atom. The predicted octanol–water partition coefficient (Wildman–Crippen LogP) is 2.95. The highest BCUT2D eigenvalue weighted by molar-refractivity contribution is 5.72. The van der Waals surface area contributed by atoms with Gasteiger partial charge in [-0.3, -0.25) is 0 Å². The number of ether oxygens (including phenoxy) is 2. The molecular weight excluding hydrogens is 308 g/mol. The Balaban J connectivity index is 2.30. The molecule has 128 valence electrons. The minimum atomic E-state index is -0.199. The first kappa shape index (κ1) is 17.8. The summed E-state index contributed by atoms with van der Waals surface area (Å²) in [6.45, 7) is 1.96. The Bertz CT molecular complexity index is 697. The summed E-state index contributed by atoms with van der Waals surface area (Å²) in [6, 6.07) is 8.75. The van der Waals surface area contributed by atoms with Gasteiger partial charge in [0.1, 0.15) is 5.75 Å². The topological polar surface area (TPSA) is 79.2 Å². The van der Waals surface area contributed by atoms with Gasteiger partial charge in [-0.1, -0.05) is 18.2 Å². The van der Waals surface area contributed by atoms with E-state index in [1.165, 1.54) is 7.11 Å². The summed E-state index contributed by atoms with van der Waals surface area (Å²) in [5.41, 5.74) is 2.83. The van der Waals surface area contributed by atoms with Crippen LogP contribution in [0.1, 0.15) is 29.2 Å². The number of phenols is 1. The van der Waals surface area contributed by atoms with Crippen molar-refractivity contribution in [2.24, 2.45) is 0 Å². The van der Waals surface area contributed by atoms with E-state index >= 15 is 0 Å². The summed E-state index contributed by atoms with van der Waals surface area (Å²) in [5.74, 6) is 1.06. The van der Waals surface area contributed by atoms with E-state index in [1.54, 1.807) is 24.3 Å². The summed E-state index contributed by atoms with van der Waals surface area (Å²) in [6.07, 6.45) is 3.68. The minimum Gasteiger partial charge on any atom is -0.504 e. The SMILES string of the molecule is CCOc1ccc(C=Cc2cc(CO)c(CO)c(OC)c2)cc1O. The molecule has 0 aliphatic rings. The molecule has 0 saturated heterocycles. The molecule has 2 aromatic carbocycles. The number of aromatic hydroxyl groups is 1. The van der Waals surface area contributed by atoms with Crippen LogP contribution in [0.2, 0.25) is 0 Å². The zero-order valence-electron chi connectivity index (χ0n) is 13.8. The van der Waals surface area contributed by atoms with Crippen LogP contribution < -0.4 is 9.47 Å². The molecule has 2 aromatic rings. The first-order valence-corrected chi connectivity index (χ1v) is 7.68. The van der Waals surface area contributed by atoms with E-state index in [0.29, 0.717) is 29.2 Å². The minimum absolute atomic E-state index is 0.0863. The van der Waals surface area contributed by atoms with Gasteiger partial charge in [0.2, 0.25) is 0 Å². The highest BCUT2D eigenvalue weighted by Gasteiger charge is 2.09. The smallest absolute Gasteiger partial charge is 0.160 e. The fraction of sp³-hybridized carbons (Fsp3) is 0.263. The van der Waals surface area contributed by atoms with Gasteiger partial charge in [-0.05, 0) is 47.9 Å². The first-order valence-electron chi connectivity index (χ1n) is 7.68. The van der Waals surface area contributed by atoms with Gasteiger partial charge in [0.05, 0.1) is 26.9 Å². The van der Waals surface area contributed by atoms with E-state index in [-0.39, 0.29) is 19.0 Å². The number of hydrogen-bond acceptors (Lipinski definition) is 5. The molecule has 0 saturated carbocycles. The zero-order chi connectivity index (χ0) is 17.5. The zero-order valence-corrected chi connectivity index (χ0v) is 13.8. The quantitative estimate of drug-likeness (QED) is 0.680. The van der Waals surface area contributed by atoms with Crippen LogP contribution in [0.3, 0.4) is 0 Å². The lowest BCUT2D eigenvalue weighted by Gasteiger charge is -2.12. The highest BCUT2D eigenvalue weighted by Crippen LogP contribution is 2.29. The second kappa shape index (κ2) is 8.38. The predicted molar refractivity (Wildman–Crippen MR) is 93.0 cm³/mol. The van der Waals surface area contributed by atoms with Crippen molar-refractivity contribution in [3.05, 3.63) is 52.6 Å². The van der Waals surface area contributed by atoms with Gasteiger partial charge in [-0.2, -0.15) is 0 Å². The second-order valence-electron chi connectivity index (χ2n) is 5.17.